The van der Waals surface area contributed by atoms with E-state index in [-0.39, 0.29) is 16.4 Å². The van der Waals surface area contributed by atoms with E-state index >= 15 is 0 Å². The number of hydrogen-bond donors (Lipinski definition) is 2. The van der Waals surface area contributed by atoms with Crippen LogP contribution in [0.1, 0.15) is 26.5 Å². The van der Waals surface area contributed by atoms with Gasteiger partial charge in [-0.2, -0.15) is 0 Å². The second-order valence-corrected chi connectivity index (χ2v) is 6.77. The largest absolute Gasteiger partial charge is 0.327 e. The quantitative estimate of drug-likeness (QED) is 0.830. The summed E-state index contributed by atoms with van der Waals surface area (Å²) in [4.78, 5) is 4.08. The van der Waals surface area contributed by atoms with Crippen LogP contribution < -0.4 is 10.9 Å². The molecule has 0 spiro atoms. The Morgan fingerprint density at radius 2 is 1.94 bits per heavy atom. The highest BCUT2D eigenvalue weighted by Gasteiger charge is 2.21. The molecule has 6 heteroatoms. The SMILES string of the molecule is CC(C)(C)C(N)Cc1ccc(S(N)(=O)=O)cn1. The molecule has 0 aliphatic rings. The minimum atomic E-state index is -3.67. The first kappa shape index (κ1) is 14.1. The summed E-state index contributed by atoms with van der Waals surface area (Å²) in [7, 11) is -3.67. The first-order chi connectivity index (χ1) is 7.60. The van der Waals surface area contributed by atoms with Crippen molar-refractivity contribution in [3.8, 4) is 0 Å². The molecule has 0 radical (unpaired) electrons. The molecular formula is C11H19N3O2S. The Balaban J connectivity index is 2.83. The van der Waals surface area contributed by atoms with E-state index in [0.717, 1.165) is 5.69 Å². The highest BCUT2D eigenvalue weighted by Crippen LogP contribution is 2.20. The molecule has 1 aromatic heterocycles. The Morgan fingerprint density at radius 1 is 1.35 bits per heavy atom. The highest BCUT2D eigenvalue weighted by molar-refractivity contribution is 7.89. The van der Waals surface area contributed by atoms with Gasteiger partial charge in [-0.05, 0) is 17.5 Å². The van der Waals surface area contributed by atoms with Crippen molar-refractivity contribution in [2.24, 2.45) is 16.3 Å². The minimum absolute atomic E-state index is 0.0136. The zero-order valence-electron chi connectivity index (χ0n) is 10.3. The number of pyridine rings is 1. The van der Waals surface area contributed by atoms with Crippen LogP contribution in [0.25, 0.3) is 0 Å². The van der Waals surface area contributed by atoms with Gasteiger partial charge < -0.3 is 5.73 Å². The Kier molecular flexibility index (Phi) is 3.91. The number of primary sulfonamides is 1. The van der Waals surface area contributed by atoms with Gasteiger partial charge in [-0.3, -0.25) is 4.98 Å². The topological polar surface area (TPSA) is 99.1 Å². The van der Waals surface area contributed by atoms with Crippen molar-refractivity contribution in [1.29, 1.82) is 0 Å². The van der Waals surface area contributed by atoms with Gasteiger partial charge >= 0.3 is 0 Å². The highest BCUT2D eigenvalue weighted by atomic mass is 32.2. The summed E-state index contributed by atoms with van der Waals surface area (Å²) in [5.74, 6) is 0. The van der Waals surface area contributed by atoms with Crippen molar-refractivity contribution in [1.82, 2.24) is 4.98 Å². The van der Waals surface area contributed by atoms with E-state index < -0.39 is 10.0 Å². The van der Waals surface area contributed by atoms with Crippen molar-refractivity contribution in [2.75, 3.05) is 0 Å². The van der Waals surface area contributed by atoms with E-state index in [0.29, 0.717) is 6.42 Å². The molecule has 17 heavy (non-hydrogen) atoms. The monoisotopic (exact) mass is 257 g/mol. The average molecular weight is 257 g/mol. The van der Waals surface area contributed by atoms with Crippen LogP contribution in [-0.4, -0.2) is 19.4 Å². The number of hydrogen-bond acceptors (Lipinski definition) is 4. The van der Waals surface area contributed by atoms with E-state index in [1.165, 1.54) is 12.3 Å². The number of sulfonamides is 1. The Hall–Kier alpha value is -0.980. The van der Waals surface area contributed by atoms with Crippen molar-refractivity contribution in [3.05, 3.63) is 24.0 Å². The molecule has 0 amide bonds. The van der Waals surface area contributed by atoms with Gasteiger partial charge in [-0.15, -0.1) is 0 Å². The van der Waals surface area contributed by atoms with Crippen LogP contribution >= 0.6 is 0 Å². The smallest absolute Gasteiger partial charge is 0.239 e. The number of aromatic nitrogens is 1. The van der Waals surface area contributed by atoms with Gasteiger partial charge in [0.1, 0.15) is 4.90 Å². The fraction of sp³-hybridized carbons (Fsp3) is 0.545. The summed E-state index contributed by atoms with van der Waals surface area (Å²) in [6, 6.07) is 3.06. The van der Waals surface area contributed by atoms with Gasteiger partial charge in [-0.25, -0.2) is 13.6 Å². The van der Waals surface area contributed by atoms with Crippen LogP contribution in [0.4, 0.5) is 0 Å². The summed E-state index contributed by atoms with van der Waals surface area (Å²) in [5.41, 5.74) is 6.77. The van der Waals surface area contributed by atoms with Crippen LogP contribution in [0.2, 0.25) is 0 Å². The lowest BCUT2D eigenvalue weighted by molar-refractivity contribution is 0.317. The average Bonchev–Trinajstić information content (AvgIpc) is 2.15. The molecule has 96 valence electrons. The first-order valence-corrected chi connectivity index (χ1v) is 6.88. The molecular weight excluding hydrogens is 238 g/mol. The van der Waals surface area contributed by atoms with Crippen molar-refractivity contribution < 1.29 is 8.42 Å². The van der Waals surface area contributed by atoms with Crippen LogP contribution in [0, 0.1) is 5.41 Å². The molecule has 0 saturated carbocycles. The third-order valence-electron chi connectivity index (χ3n) is 2.67. The van der Waals surface area contributed by atoms with Gasteiger partial charge in [0.25, 0.3) is 0 Å². The molecule has 1 heterocycles. The summed E-state index contributed by atoms with van der Waals surface area (Å²) in [5, 5.41) is 4.98. The fourth-order valence-electron chi connectivity index (χ4n) is 1.23. The van der Waals surface area contributed by atoms with Gasteiger partial charge in [0.15, 0.2) is 0 Å². The Bertz CT molecular complexity index is 474. The summed E-state index contributed by atoms with van der Waals surface area (Å²) >= 11 is 0. The van der Waals surface area contributed by atoms with E-state index in [2.05, 4.69) is 25.8 Å². The fourth-order valence-corrected chi connectivity index (χ4v) is 1.69. The maximum Gasteiger partial charge on any atom is 0.239 e. The number of nitrogens with two attached hydrogens (primary N) is 2. The number of rotatable bonds is 3. The zero-order valence-corrected chi connectivity index (χ0v) is 11.2. The molecule has 4 N–H and O–H groups in total. The van der Waals surface area contributed by atoms with Gasteiger partial charge in [0.05, 0.1) is 0 Å². The second kappa shape index (κ2) is 4.72. The minimum Gasteiger partial charge on any atom is -0.327 e. The van der Waals surface area contributed by atoms with Crippen molar-refractivity contribution in [3.63, 3.8) is 0 Å². The molecule has 1 rings (SSSR count). The molecule has 0 fully saturated rings. The summed E-state index contributed by atoms with van der Waals surface area (Å²) in [6.45, 7) is 6.16. The zero-order chi connectivity index (χ0) is 13.3. The normalized spacial score (nSPS) is 14.6. The van der Waals surface area contributed by atoms with Gasteiger partial charge in [0, 0.05) is 24.4 Å². The lowest BCUT2D eigenvalue weighted by Crippen LogP contribution is -2.37. The Morgan fingerprint density at radius 3 is 2.29 bits per heavy atom. The molecule has 1 atom stereocenters. The van der Waals surface area contributed by atoms with E-state index in [4.69, 9.17) is 10.9 Å². The molecule has 0 bridgehead atoms. The third kappa shape index (κ3) is 4.07. The lowest BCUT2D eigenvalue weighted by Gasteiger charge is -2.26. The predicted octanol–water partition coefficient (Wildman–Crippen LogP) is 0.645. The summed E-state index contributed by atoms with van der Waals surface area (Å²) in [6.07, 6.45) is 1.87. The van der Waals surface area contributed by atoms with Crippen LogP contribution in [0.5, 0.6) is 0 Å². The summed E-state index contributed by atoms with van der Waals surface area (Å²) < 4.78 is 22.1. The molecule has 5 nitrogen and oxygen atoms in total. The molecule has 0 aliphatic carbocycles. The van der Waals surface area contributed by atoms with E-state index in [1.54, 1.807) is 6.07 Å². The maximum absolute atomic E-state index is 11.0. The molecule has 0 aliphatic heterocycles. The molecule has 1 unspecified atom stereocenters. The molecule has 1 aromatic rings. The van der Waals surface area contributed by atoms with E-state index in [9.17, 15) is 8.42 Å². The van der Waals surface area contributed by atoms with Crippen molar-refractivity contribution >= 4 is 10.0 Å². The van der Waals surface area contributed by atoms with Crippen LogP contribution in [0.15, 0.2) is 23.2 Å². The number of nitrogens with zero attached hydrogens (tertiary/aromatic N) is 1. The Labute approximate surface area is 102 Å². The first-order valence-electron chi connectivity index (χ1n) is 5.34. The molecule has 0 aromatic carbocycles. The van der Waals surface area contributed by atoms with Gasteiger partial charge in [-0.1, -0.05) is 20.8 Å². The second-order valence-electron chi connectivity index (χ2n) is 5.21. The van der Waals surface area contributed by atoms with Crippen LogP contribution in [-0.2, 0) is 16.4 Å². The maximum atomic E-state index is 11.0. The standard InChI is InChI=1S/C11H19N3O2S/c1-11(2,3)10(12)6-8-4-5-9(7-14-8)17(13,15)16/h4-5,7,10H,6,12H2,1-3H3,(H2,13,15,16). The third-order valence-corrected chi connectivity index (χ3v) is 3.57. The lowest BCUT2D eigenvalue weighted by atomic mass is 9.85. The predicted molar refractivity (Wildman–Crippen MR) is 66.7 cm³/mol. The molecule has 0 saturated heterocycles. The van der Waals surface area contributed by atoms with Crippen molar-refractivity contribution in [2.45, 2.75) is 38.1 Å². The van der Waals surface area contributed by atoms with E-state index in [1.807, 2.05) is 0 Å². The van der Waals surface area contributed by atoms with Crippen LogP contribution in [0.3, 0.4) is 0 Å². The van der Waals surface area contributed by atoms with Gasteiger partial charge in [0.2, 0.25) is 10.0 Å².